The van der Waals surface area contributed by atoms with Gasteiger partial charge in [0.1, 0.15) is 5.75 Å². The summed E-state index contributed by atoms with van der Waals surface area (Å²) in [5, 5.41) is 7.83. The average Bonchev–Trinajstić information content (AvgIpc) is 3.16. The van der Waals surface area contributed by atoms with Crippen molar-refractivity contribution in [1.29, 1.82) is 0 Å². The van der Waals surface area contributed by atoms with Crippen molar-refractivity contribution in [2.24, 2.45) is 0 Å². The number of nitrogens with zero attached hydrogens (tertiary/aromatic N) is 2. The molecule has 1 heterocycles. The molecule has 1 aromatic heterocycles. The second-order valence-corrected chi connectivity index (χ2v) is 6.11. The van der Waals surface area contributed by atoms with E-state index in [-0.39, 0.29) is 0 Å². The summed E-state index contributed by atoms with van der Waals surface area (Å²) in [6, 6.07) is 7.45. The highest BCUT2D eigenvalue weighted by Crippen LogP contribution is 2.26. The lowest BCUT2D eigenvalue weighted by atomic mass is 10.1. The Morgan fingerprint density at radius 1 is 1.38 bits per heavy atom. The Kier molecular flexibility index (Phi) is 3.97. The fraction of sp³-hybridized carbons (Fsp3) is 0.471. The molecule has 1 aliphatic rings. The highest BCUT2D eigenvalue weighted by molar-refractivity contribution is 5.39. The molecule has 1 saturated carbocycles. The second kappa shape index (κ2) is 5.90. The molecule has 4 nitrogen and oxygen atoms in total. The summed E-state index contributed by atoms with van der Waals surface area (Å²) in [4.78, 5) is 0. The van der Waals surface area contributed by atoms with E-state index in [2.05, 4.69) is 43.3 Å². The molecule has 1 N–H and O–H groups in total. The molecule has 0 bridgehead atoms. The SMILES string of the molecule is Cc1cc(CNC2CC2)ccc1Oc1cnn(C(C)C)c1. The summed E-state index contributed by atoms with van der Waals surface area (Å²) >= 11 is 0. The Balaban J connectivity index is 1.66. The van der Waals surface area contributed by atoms with Crippen molar-refractivity contribution in [1.82, 2.24) is 15.1 Å². The molecule has 0 saturated heterocycles. The molecule has 1 aromatic carbocycles. The van der Waals surface area contributed by atoms with Gasteiger partial charge in [0.2, 0.25) is 0 Å². The average molecular weight is 285 g/mol. The maximum atomic E-state index is 5.93. The predicted octanol–water partition coefficient (Wildman–Crippen LogP) is 3.82. The van der Waals surface area contributed by atoms with Crippen LogP contribution in [-0.4, -0.2) is 15.8 Å². The normalized spacial score (nSPS) is 14.7. The van der Waals surface area contributed by atoms with Gasteiger partial charge in [-0.3, -0.25) is 4.68 Å². The van der Waals surface area contributed by atoms with Gasteiger partial charge in [0.05, 0.1) is 12.4 Å². The lowest BCUT2D eigenvalue weighted by molar-refractivity contribution is 0.473. The molecule has 0 aliphatic heterocycles. The Morgan fingerprint density at radius 2 is 2.19 bits per heavy atom. The van der Waals surface area contributed by atoms with Gasteiger partial charge in [0, 0.05) is 18.6 Å². The van der Waals surface area contributed by atoms with Crippen LogP contribution in [0.2, 0.25) is 0 Å². The van der Waals surface area contributed by atoms with Crippen molar-refractivity contribution in [3.05, 3.63) is 41.7 Å². The zero-order valence-corrected chi connectivity index (χ0v) is 13.0. The van der Waals surface area contributed by atoms with Gasteiger partial charge in [-0.25, -0.2) is 0 Å². The number of hydrogen-bond donors (Lipinski definition) is 1. The van der Waals surface area contributed by atoms with Crippen LogP contribution in [0.25, 0.3) is 0 Å². The van der Waals surface area contributed by atoms with Crippen LogP contribution >= 0.6 is 0 Å². The number of rotatable bonds is 6. The lowest BCUT2D eigenvalue weighted by Crippen LogP contribution is -2.15. The summed E-state index contributed by atoms with van der Waals surface area (Å²) in [6.07, 6.45) is 6.34. The summed E-state index contributed by atoms with van der Waals surface area (Å²) in [5.41, 5.74) is 2.46. The van der Waals surface area contributed by atoms with Gasteiger partial charge in [-0.05, 0) is 50.8 Å². The van der Waals surface area contributed by atoms with Crippen LogP contribution in [0.15, 0.2) is 30.6 Å². The van der Waals surface area contributed by atoms with E-state index in [0.717, 1.165) is 29.6 Å². The standard InChI is InChI=1S/C17H23N3O/c1-12(2)20-11-16(10-19-20)21-17-7-4-14(8-13(17)3)9-18-15-5-6-15/h4,7-8,10-12,15,18H,5-6,9H2,1-3H3. The van der Waals surface area contributed by atoms with Crippen molar-refractivity contribution in [2.45, 2.75) is 52.2 Å². The number of benzene rings is 1. The smallest absolute Gasteiger partial charge is 0.165 e. The fourth-order valence-corrected chi connectivity index (χ4v) is 2.27. The second-order valence-electron chi connectivity index (χ2n) is 6.11. The summed E-state index contributed by atoms with van der Waals surface area (Å²) in [6.45, 7) is 7.23. The minimum absolute atomic E-state index is 0.347. The molecule has 0 atom stereocenters. The number of aryl methyl sites for hydroxylation is 1. The maximum absolute atomic E-state index is 5.93. The van der Waals surface area contributed by atoms with Crippen molar-refractivity contribution in [3.63, 3.8) is 0 Å². The molecule has 2 aromatic rings. The predicted molar refractivity (Wildman–Crippen MR) is 83.7 cm³/mol. The van der Waals surface area contributed by atoms with Crippen LogP contribution in [-0.2, 0) is 6.54 Å². The van der Waals surface area contributed by atoms with E-state index in [1.807, 2.05) is 16.9 Å². The number of hydrogen-bond acceptors (Lipinski definition) is 3. The van der Waals surface area contributed by atoms with Gasteiger partial charge < -0.3 is 10.1 Å². The van der Waals surface area contributed by atoms with Gasteiger partial charge >= 0.3 is 0 Å². The highest BCUT2D eigenvalue weighted by Gasteiger charge is 2.20. The van der Waals surface area contributed by atoms with Gasteiger partial charge in [0.15, 0.2) is 5.75 Å². The highest BCUT2D eigenvalue weighted by atomic mass is 16.5. The maximum Gasteiger partial charge on any atom is 0.165 e. The van der Waals surface area contributed by atoms with Gasteiger partial charge in [-0.15, -0.1) is 0 Å². The molecule has 0 radical (unpaired) electrons. The van der Waals surface area contributed by atoms with Crippen LogP contribution < -0.4 is 10.1 Å². The molecule has 0 amide bonds. The minimum atomic E-state index is 0.347. The molecular weight excluding hydrogens is 262 g/mol. The molecule has 4 heteroatoms. The van der Waals surface area contributed by atoms with Crippen LogP contribution in [0.1, 0.15) is 43.9 Å². The zero-order chi connectivity index (χ0) is 14.8. The topological polar surface area (TPSA) is 39.1 Å². The largest absolute Gasteiger partial charge is 0.454 e. The first-order valence-electron chi connectivity index (χ1n) is 7.67. The third-order valence-electron chi connectivity index (χ3n) is 3.75. The first kappa shape index (κ1) is 14.1. The molecule has 0 unspecified atom stereocenters. The Hall–Kier alpha value is -1.81. The van der Waals surface area contributed by atoms with E-state index in [0.29, 0.717) is 6.04 Å². The molecule has 112 valence electrons. The zero-order valence-electron chi connectivity index (χ0n) is 13.0. The number of ether oxygens (including phenoxy) is 1. The van der Waals surface area contributed by atoms with E-state index in [1.54, 1.807) is 6.20 Å². The van der Waals surface area contributed by atoms with E-state index in [1.165, 1.54) is 18.4 Å². The Bertz CT molecular complexity index is 614. The molecule has 1 aliphatic carbocycles. The third-order valence-corrected chi connectivity index (χ3v) is 3.75. The molecule has 0 spiro atoms. The van der Waals surface area contributed by atoms with E-state index in [9.17, 15) is 0 Å². The quantitative estimate of drug-likeness (QED) is 0.877. The number of aromatic nitrogens is 2. The first-order chi connectivity index (χ1) is 10.1. The van der Waals surface area contributed by atoms with Gasteiger partial charge in [-0.1, -0.05) is 12.1 Å². The molecule has 21 heavy (non-hydrogen) atoms. The van der Waals surface area contributed by atoms with E-state index >= 15 is 0 Å². The summed E-state index contributed by atoms with van der Waals surface area (Å²) in [7, 11) is 0. The van der Waals surface area contributed by atoms with Gasteiger partial charge in [-0.2, -0.15) is 5.10 Å². The van der Waals surface area contributed by atoms with E-state index in [4.69, 9.17) is 4.74 Å². The van der Waals surface area contributed by atoms with Crippen molar-refractivity contribution in [2.75, 3.05) is 0 Å². The third kappa shape index (κ3) is 3.64. The van der Waals surface area contributed by atoms with Crippen molar-refractivity contribution in [3.8, 4) is 11.5 Å². The molecule has 3 rings (SSSR count). The Morgan fingerprint density at radius 3 is 2.81 bits per heavy atom. The molecule has 1 fully saturated rings. The van der Waals surface area contributed by atoms with Crippen molar-refractivity contribution < 1.29 is 4.74 Å². The monoisotopic (exact) mass is 285 g/mol. The van der Waals surface area contributed by atoms with E-state index < -0.39 is 0 Å². The molecular formula is C17H23N3O. The van der Waals surface area contributed by atoms with Gasteiger partial charge in [0.25, 0.3) is 0 Å². The van der Waals surface area contributed by atoms with Crippen LogP contribution in [0, 0.1) is 6.92 Å². The Labute approximate surface area is 126 Å². The lowest BCUT2D eigenvalue weighted by Gasteiger charge is -2.10. The summed E-state index contributed by atoms with van der Waals surface area (Å²) < 4.78 is 7.83. The number of nitrogens with one attached hydrogen (secondary N) is 1. The van der Waals surface area contributed by atoms with Crippen LogP contribution in [0.4, 0.5) is 0 Å². The summed E-state index contributed by atoms with van der Waals surface area (Å²) in [5.74, 6) is 1.68. The van der Waals surface area contributed by atoms with Crippen LogP contribution in [0.3, 0.4) is 0 Å². The van der Waals surface area contributed by atoms with Crippen molar-refractivity contribution >= 4 is 0 Å². The first-order valence-corrected chi connectivity index (χ1v) is 7.67. The fourth-order valence-electron chi connectivity index (χ4n) is 2.27. The van der Waals surface area contributed by atoms with Crippen LogP contribution in [0.5, 0.6) is 11.5 Å². The minimum Gasteiger partial charge on any atom is -0.454 e.